The molecule has 1 amide bonds. The maximum absolute atomic E-state index is 12.9. The maximum Gasteiger partial charge on any atom is 0.254 e. The minimum Gasteiger partial charge on any atom is -0.367 e. The second-order valence-electron chi connectivity index (χ2n) is 8.99. The molecule has 0 unspecified atom stereocenters. The number of rotatable bonds is 7. The third-order valence-corrected chi connectivity index (χ3v) is 5.94. The van der Waals surface area contributed by atoms with Crippen LogP contribution in [0, 0.1) is 0 Å². The molecule has 0 aliphatic rings. The smallest absolute Gasteiger partial charge is 0.254 e. The highest BCUT2D eigenvalue weighted by molar-refractivity contribution is 7.18. The quantitative estimate of drug-likeness (QED) is 0.380. The van der Waals surface area contributed by atoms with Crippen molar-refractivity contribution in [2.45, 2.75) is 38.8 Å². The number of nitrogens with zero attached hydrogens (tertiary/aromatic N) is 3. The number of pyridine rings is 1. The fraction of sp³-hybridized carbons (Fsp3) is 0.280. The highest BCUT2D eigenvalue weighted by atomic mass is 32.1. The lowest BCUT2D eigenvalue weighted by Gasteiger charge is -2.20. The molecule has 0 aliphatic carbocycles. The van der Waals surface area contributed by atoms with E-state index in [1.54, 1.807) is 12.4 Å². The standard InChI is InChI=1S/C25H28N6OS/c1-25(2,3)31-24(32)19-15-33-21-20(19)29-22(17-9-11-27-12-10-17)30-23(21)28-14-18(26)13-16-7-5-4-6-8-16/h4-12,15,18H,13-14,26H2,1-3H3,(H,31,32)(H,28,29,30)/t18-/m0/s1. The Morgan fingerprint density at radius 1 is 1.09 bits per heavy atom. The van der Waals surface area contributed by atoms with E-state index in [9.17, 15) is 4.79 Å². The largest absolute Gasteiger partial charge is 0.367 e. The lowest BCUT2D eigenvalue weighted by molar-refractivity contribution is 0.0921. The van der Waals surface area contributed by atoms with Gasteiger partial charge in [-0.05, 0) is 44.9 Å². The number of amides is 1. The minimum absolute atomic E-state index is 0.0922. The van der Waals surface area contributed by atoms with E-state index in [1.807, 2.05) is 56.5 Å². The van der Waals surface area contributed by atoms with Crippen LogP contribution >= 0.6 is 11.3 Å². The van der Waals surface area contributed by atoms with Crippen LogP contribution < -0.4 is 16.4 Å². The molecule has 0 saturated heterocycles. The number of carbonyl (C=O) groups is 1. The van der Waals surface area contributed by atoms with Gasteiger partial charge in [-0.3, -0.25) is 9.78 Å². The Morgan fingerprint density at radius 3 is 2.52 bits per heavy atom. The summed E-state index contributed by atoms with van der Waals surface area (Å²) in [5, 5.41) is 8.27. The third kappa shape index (κ3) is 5.71. The first-order valence-electron chi connectivity index (χ1n) is 10.9. The number of nitrogens with one attached hydrogen (secondary N) is 2. The average molecular weight is 461 g/mol. The molecule has 1 atom stereocenters. The molecule has 33 heavy (non-hydrogen) atoms. The number of fused-ring (bicyclic) bond motifs is 1. The van der Waals surface area contributed by atoms with Gasteiger partial charge < -0.3 is 16.4 Å². The number of benzene rings is 1. The zero-order chi connectivity index (χ0) is 23.4. The molecular weight excluding hydrogens is 432 g/mol. The van der Waals surface area contributed by atoms with Crippen molar-refractivity contribution in [3.8, 4) is 11.4 Å². The maximum atomic E-state index is 12.9. The molecule has 4 aromatic rings. The summed E-state index contributed by atoms with van der Waals surface area (Å²) in [6, 6.07) is 13.8. The molecule has 4 N–H and O–H groups in total. The van der Waals surface area contributed by atoms with Crippen molar-refractivity contribution in [3.63, 3.8) is 0 Å². The van der Waals surface area contributed by atoms with E-state index in [-0.39, 0.29) is 17.5 Å². The van der Waals surface area contributed by atoms with Crippen molar-refractivity contribution >= 4 is 33.3 Å². The van der Waals surface area contributed by atoms with Gasteiger partial charge in [-0.1, -0.05) is 30.3 Å². The molecule has 0 fully saturated rings. The highest BCUT2D eigenvalue weighted by Gasteiger charge is 2.22. The van der Waals surface area contributed by atoms with Crippen molar-refractivity contribution in [3.05, 3.63) is 71.4 Å². The SMILES string of the molecule is CC(C)(C)NC(=O)c1csc2c(NC[C@@H](N)Cc3ccccc3)nc(-c3ccncc3)nc12. The Hall–Kier alpha value is -3.36. The minimum atomic E-state index is -0.350. The van der Waals surface area contributed by atoms with Crippen molar-refractivity contribution < 1.29 is 4.79 Å². The van der Waals surface area contributed by atoms with Gasteiger partial charge in [0.15, 0.2) is 5.82 Å². The van der Waals surface area contributed by atoms with Gasteiger partial charge in [-0.2, -0.15) is 0 Å². The van der Waals surface area contributed by atoms with Gasteiger partial charge in [0.05, 0.1) is 10.3 Å². The van der Waals surface area contributed by atoms with Crippen LogP contribution in [-0.2, 0) is 6.42 Å². The molecule has 4 rings (SSSR count). The van der Waals surface area contributed by atoms with E-state index >= 15 is 0 Å². The van der Waals surface area contributed by atoms with Gasteiger partial charge in [0.2, 0.25) is 0 Å². The van der Waals surface area contributed by atoms with Gasteiger partial charge in [-0.25, -0.2) is 9.97 Å². The Bertz CT molecular complexity index is 1230. The molecule has 1 aromatic carbocycles. The lowest BCUT2D eigenvalue weighted by atomic mass is 10.1. The van der Waals surface area contributed by atoms with Crippen molar-refractivity contribution in [2.24, 2.45) is 5.73 Å². The summed E-state index contributed by atoms with van der Waals surface area (Å²) in [6.07, 6.45) is 4.15. The van der Waals surface area contributed by atoms with Gasteiger partial charge >= 0.3 is 0 Å². The summed E-state index contributed by atoms with van der Waals surface area (Å²) in [5.74, 6) is 1.06. The van der Waals surface area contributed by atoms with Crippen LogP contribution in [0.5, 0.6) is 0 Å². The second kappa shape index (κ2) is 9.64. The zero-order valence-corrected chi connectivity index (χ0v) is 19.8. The van der Waals surface area contributed by atoms with Crippen molar-refractivity contribution in [2.75, 3.05) is 11.9 Å². The first-order valence-corrected chi connectivity index (χ1v) is 11.7. The Balaban J connectivity index is 1.66. The second-order valence-corrected chi connectivity index (χ2v) is 9.87. The average Bonchev–Trinajstić information content (AvgIpc) is 3.22. The van der Waals surface area contributed by atoms with E-state index in [0.717, 1.165) is 16.7 Å². The summed E-state index contributed by atoms with van der Waals surface area (Å²) in [5.41, 5.74) is 9.23. The van der Waals surface area contributed by atoms with Crippen LogP contribution in [0.4, 0.5) is 5.82 Å². The van der Waals surface area contributed by atoms with Crippen LogP contribution in [0.3, 0.4) is 0 Å². The van der Waals surface area contributed by atoms with Gasteiger partial charge in [0.1, 0.15) is 11.3 Å². The Morgan fingerprint density at radius 2 is 1.82 bits per heavy atom. The monoisotopic (exact) mass is 460 g/mol. The summed E-state index contributed by atoms with van der Waals surface area (Å²) in [7, 11) is 0. The van der Waals surface area contributed by atoms with Crippen molar-refractivity contribution in [1.82, 2.24) is 20.3 Å². The van der Waals surface area contributed by atoms with Crippen molar-refractivity contribution in [1.29, 1.82) is 0 Å². The fourth-order valence-corrected chi connectivity index (χ4v) is 4.41. The number of anilines is 1. The van der Waals surface area contributed by atoms with E-state index < -0.39 is 0 Å². The van der Waals surface area contributed by atoms with Crippen LogP contribution in [0.15, 0.2) is 60.2 Å². The summed E-state index contributed by atoms with van der Waals surface area (Å²) in [6.45, 7) is 6.41. The molecule has 0 radical (unpaired) electrons. The predicted molar refractivity (Wildman–Crippen MR) is 134 cm³/mol. The number of thiophene rings is 1. The summed E-state index contributed by atoms with van der Waals surface area (Å²) >= 11 is 1.45. The van der Waals surface area contributed by atoms with Crippen LogP contribution in [0.2, 0.25) is 0 Å². The summed E-state index contributed by atoms with van der Waals surface area (Å²) in [4.78, 5) is 26.6. The number of aromatic nitrogens is 3. The molecule has 170 valence electrons. The number of carbonyl (C=O) groups excluding carboxylic acids is 1. The topological polar surface area (TPSA) is 106 Å². The lowest BCUT2D eigenvalue weighted by Crippen LogP contribution is -2.40. The number of hydrogen-bond acceptors (Lipinski definition) is 7. The molecule has 7 nitrogen and oxygen atoms in total. The van der Waals surface area contributed by atoms with Crippen LogP contribution in [0.25, 0.3) is 21.6 Å². The third-order valence-electron chi connectivity index (χ3n) is 4.96. The Kier molecular flexibility index (Phi) is 6.67. The van der Waals surface area contributed by atoms with Gasteiger partial charge in [0, 0.05) is 41.5 Å². The Labute approximate surface area is 197 Å². The van der Waals surface area contributed by atoms with E-state index in [1.165, 1.54) is 16.9 Å². The van der Waals surface area contributed by atoms with Gasteiger partial charge in [0.25, 0.3) is 5.91 Å². The molecule has 3 heterocycles. The predicted octanol–water partition coefficient (Wildman–Crippen LogP) is 4.26. The molecule has 3 aromatic heterocycles. The normalized spacial score (nSPS) is 12.5. The van der Waals surface area contributed by atoms with Crippen LogP contribution in [-0.4, -0.2) is 39.0 Å². The number of hydrogen-bond donors (Lipinski definition) is 3. The molecule has 8 heteroatoms. The molecule has 0 spiro atoms. The van der Waals surface area contributed by atoms with E-state index in [4.69, 9.17) is 15.7 Å². The highest BCUT2D eigenvalue weighted by Crippen LogP contribution is 2.32. The first kappa shape index (κ1) is 22.8. The van der Waals surface area contributed by atoms with E-state index in [0.29, 0.717) is 29.3 Å². The first-order chi connectivity index (χ1) is 15.8. The molecule has 0 saturated carbocycles. The van der Waals surface area contributed by atoms with Crippen LogP contribution in [0.1, 0.15) is 36.7 Å². The zero-order valence-electron chi connectivity index (χ0n) is 19.0. The van der Waals surface area contributed by atoms with Gasteiger partial charge in [-0.15, -0.1) is 11.3 Å². The summed E-state index contributed by atoms with van der Waals surface area (Å²) < 4.78 is 0.832. The van der Waals surface area contributed by atoms with E-state index in [2.05, 4.69) is 27.8 Å². The number of nitrogens with two attached hydrogens (primary N) is 1. The molecule has 0 aliphatic heterocycles. The fourth-order valence-electron chi connectivity index (χ4n) is 3.45. The molecular formula is C25H28N6OS. The molecule has 0 bridgehead atoms.